The van der Waals surface area contributed by atoms with Crippen LogP contribution in [-0.4, -0.2) is 17.4 Å². The molecule has 1 atom stereocenters. The van der Waals surface area contributed by atoms with Gasteiger partial charge in [0.2, 0.25) is 0 Å². The Morgan fingerprint density at radius 3 is 2.68 bits per heavy atom. The van der Waals surface area contributed by atoms with Gasteiger partial charge in [0.05, 0.1) is 11.3 Å². The Bertz CT molecular complexity index is 775. The van der Waals surface area contributed by atoms with Crippen LogP contribution < -0.4 is 4.90 Å². The van der Waals surface area contributed by atoms with Crippen molar-refractivity contribution in [2.75, 3.05) is 4.90 Å². The SMILES string of the molecule is CCC1CC(C)(C)c2cccc(N(C(=O)c3cccnc3)C(F)F)c21. The molecule has 0 bridgehead atoms. The Hall–Kier alpha value is -2.30. The second-order valence-electron chi connectivity index (χ2n) is 7.13. The lowest BCUT2D eigenvalue weighted by Crippen LogP contribution is -2.36. The van der Waals surface area contributed by atoms with Crippen molar-refractivity contribution in [3.63, 3.8) is 0 Å². The molecule has 1 aliphatic carbocycles. The van der Waals surface area contributed by atoms with Crippen LogP contribution in [0, 0.1) is 0 Å². The lowest BCUT2D eigenvalue weighted by atomic mass is 9.86. The number of halogens is 2. The number of hydrogen-bond acceptors (Lipinski definition) is 2. The minimum absolute atomic E-state index is 0.0861. The van der Waals surface area contributed by atoms with Gasteiger partial charge in [0, 0.05) is 12.4 Å². The van der Waals surface area contributed by atoms with E-state index in [0.717, 1.165) is 24.0 Å². The topological polar surface area (TPSA) is 33.2 Å². The Morgan fingerprint density at radius 2 is 2.08 bits per heavy atom. The van der Waals surface area contributed by atoms with E-state index in [0.29, 0.717) is 10.6 Å². The number of aromatic nitrogens is 1. The monoisotopic (exact) mass is 344 g/mol. The van der Waals surface area contributed by atoms with E-state index < -0.39 is 12.5 Å². The number of pyridine rings is 1. The molecule has 0 saturated carbocycles. The minimum atomic E-state index is -2.92. The number of nitrogens with zero attached hydrogens (tertiary/aromatic N) is 2. The standard InChI is InChI=1S/C20H22F2N2O/c1-4-13-11-20(2,3)15-8-5-9-16(17(13)15)24(19(21)22)18(25)14-7-6-10-23-12-14/h5-10,12-13,19H,4,11H2,1-3H3. The molecule has 0 radical (unpaired) electrons. The molecule has 132 valence electrons. The zero-order valence-corrected chi connectivity index (χ0v) is 14.7. The lowest BCUT2D eigenvalue weighted by Gasteiger charge is -2.26. The molecule has 25 heavy (non-hydrogen) atoms. The molecule has 1 aromatic carbocycles. The van der Waals surface area contributed by atoms with Gasteiger partial charge in [-0.15, -0.1) is 0 Å². The van der Waals surface area contributed by atoms with Crippen LogP contribution in [0.1, 0.15) is 61.0 Å². The number of anilines is 1. The van der Waals surface area contributed by atoms with Crippen LogP contribution >= 0.6 is 0 Å². The molecule has 0 fully saturated rings. The maximum atomic E-state index is 13.9. The van der Waals surface area contributed by atoms with Crippen LogP contribution in [0.2, 0.25) is 0 Å². The van der Waals surface area contributed by atoms with Crippen LogP contribution in [0.3, 0.4) is 0 Å². The Labute approximate surface area is 146 Å². The molecule has 5 heteroatoms. The van der Waals surface area contributed by atoms with Crippen molar-refractivity contribution in [1.82, 2.24) is 4.98 Å². The van der Waals surface area contributed by atoms with E-state index in [4.69, 9.17) is 0 Å². The molecular weight excluding hydrogens is 322 g/mol. The lowest BCUT2D eigenvalue weighted by molar-refractivity contribution is 0.0837. The smallest absolute Gasteiger partial charge is 0.268 e. The molecule has 1 aliphatic rings. The summed E-state index contributed by atoms with van der Waals surface area (Å²) in [4.78, 5) is 17.2. The van der Waals surface area contributed by atoms with Crippen LogP contribution in [-0.2, 0) is 5.41 Å². The zero-order chi connectivity index (χ0) is 18.2. The summed E-state index contributed by atoms with van der Waals surface area (Å²) in [6.07, 6.45) is 4.58. The fourth-order valence-electron chi connectivity index (χ4n) is 3.89. The van der Waals surface area contributed by atoms with Crippen molar-refractivity contribution in [3.8, 4) is 0 Å². The average molecular weight is 344 g/mol. The molecule has 1 unspecified atom stereocenters. The molecule has 3 rings (SSSR count). The van der Waals surface area contributed by atoms with E-state index >= 15 is 0 Å². The first-order valence-electron chi connectivity index (χ1n) is 8.52. The minimum Gasteiger partial charge on any atom is -0.268 e. The van der Waals surface area contributed by atoms with Crippen LogP contribution in [0.4, 0.5) is 14.5 Å². The highest BCUT2D eigenvalue weighted by molar-refractivity contribution is 6.06. The molecule has 1 amide bonds. The van der Waals surface area contributed by atoms with E-state index in [-0.39, 0.29) is 16.9 Å². The second-order valence-corrected chi connectivity index (χ2v) is 7.13. The summed E-state index contributed by atoms with van der Waals surface area (Å²) in [5.41, 5.74) is 2.33. The molecule has 3 nitrogen and oxygen atoms in total. The van der Waals surface area contributed by atoms with Gasteiger partial charge in [-0.2, -0.15) is 8.78 Å². The molecular formula is C20H22F2N2O. The molecule has 0 saturated heterocycles. The summed E-state index contributed by atoms with van der Waals surface area (Å²) >= 11 is 0. The number of rotatable bonds is 4. The summed E-state index contributed by atoms with van der Waals surface area (Å²) in [6, 6.07) is 8.47. The summed E-state index contributed by atoms with van der Waals surface area (Å²) < 4.78 is 27.8. The van der Waals surface area contributed by atoms with E-state index in [9.17, 15) is 13.6 Å². The Kier molecular flexibility index (Phi) is 4.58. The predicted molar refractivity (Wildman–Crippen MR) is 94.2 cm³/mol. The summed E-state index contributed by atoms with van der Waals surface area (Å²) in [7, 11) is 0. The molecule has 0 aliphatic heterocycles. The number of hydrogen-bond donors (Lipinski definition) is 0. The van der Waals surface area contributed by atoms with Crippen molar-refractivity contribution in [2.24, 2.45) is 0 Å². The number of carbonyl (C=O) groups is 1. The number of amides is 1. The van der Waals surface area contributed by atoms with Gasteiger partial charge in [0.15, 0.2) is 0 Å². The number of benzene rings is 1. The fourth-order valence-corrected chi connectivity index (χ4v) is 3.89. The Morgan fingerprint density at radius 1 is 1.32 bits per heavy atom. The zero-order valence-electron chi connectivity index (χ0n) is 14.7. The third-order valence-corrected chi connectivity index (χ3v) is 5.05. The summed E-state index contributed by atoms with van der Waals surface area (Å²) in [5.74, 6) is -0.555. The van der Waals surface area contributed by atoms with Gasteiger partial charge < -0.3 is 0 Å². The van der Waals surface area contributed by atoms with Crippen LogP contribution in [0.15, 0.2) is 42.7 Å². The van der Waals surface area contributed by atoms with E-state index in [1.54, 1.807) is 18.2 Å². The van der Waals surface area contributed by atoms with Gasteiger partial charge in [0.25, 0.3) is 5.91 Å². The second kappa shape index (κ2) is 6.54. The van der Waals surface area contributed by atoms with Gasteiger partial charge >= 0.3 is 6.55 Å². The van der Waals surface area contributed by atoms with Gasteiger partial charge in [-0.05, 0) is 53.5 Å². The van der Waals surface area contributed by atoms with Crippen molar-refractivity contribution in [1.29, 1.82) is 0 Å². The fraction of sp³-hybridized carbons (Fsp3) is 0.400. The first kappa shape index (κ1) is 17.5. The van der Waals surface area contributed by atoms with Crippen molar-refractivity contribution in [2.45, 2.75) is 51.5 Å². The van der Waals surface area contributed by atoms with E-state index in [1.807, 2.05) is 6.07 Å². The van der Waals surface area contributed by atoms with E-state index in [1.165, 1.54) is 18.5 Å². The first-order valence-corrected chi connectivity index (χ1v) is 8.52. The van der Waals surface area contributed by atoms with Crippen LogP contribution in [0.25, 0.3) is 0 Å². The molecule has 1 heterocycles. The third-order valence-electron chi connectivity index (χ3n) is 5.05. The van der Waals surface area contributed by atoms with Crippen LogP contribution in [0.5, 0.6) is 0 Å². The van der Waals surface area contributed by atoms with Crippen molar-refractivity contribution < 1.29 is 13.6 Å². The molecule has 2 aromatic rings. The Balaban J connectivity index is 2.14. The maximum absolute atomic E-state index is 13.9. The van der Waals surface area contributed by atoms with Gasteiger partial charge in [0.1, 0.15) is 0 Å². The first-order chi connectivity index (χ1) is 11.9. The summed E-state index contributed by atoms with van der Waals surface area (Å²) in [5, 5.41) is 0. The van der Waals surface area contributed by atoms with Crippen molar-refractivity contribution in [3.05, 3.63) is 59.4 Å². The quantitative estimate of drug-likeness (QED) is 0.721. The largest absolute Gasteiger partial charge is 0.321 e. The summed E-state index contributed by atoms with van der Waals surface area (Å²) in [6.45, 7) is 3.39. The molecule has 0 N–H and O–H groups in total. The third kappa shape index (κ3) is 3.03. The van der Waals surface area contributed by atoms with Gasteiger partial charge in [-0.1, -0.05) is 32.9 Å². The number of carbonyl (C=O) groups excluding carboxylic acids is 1. The van der Waals surface area contributed by atoms with E-state index in [2.05, 4.69) is 25.8 Å². The number of fused-ring (bicyclic) bond motifs is 1. The maximum Gasteiger partial charge on any atom is 0.321 e. The highest BCUT2D eigenvalue weighted by Crippen LogP contribution is 2.51. The average Bonchev–Trinajstić information content (AvgIpc) is 2.87. The van der Waals surface area contributed by atoms with Gasteiger partial charge in [-0.3, -0.25) is 14.7 Å². The normalized spacial score (nSPS) is 18.2. The number of alkyl halides is 2. The van der Waals surface area contributed by atoms with Crippen molar-refractivity contribution >= 4 is 11.6 Å². The molecule has 1 aromatic heterocycles. The highest BCUT2D eigenvalue weighted by Gasteiger charge is 2.40. The molecule has 0 spiro atoms. The predicted octanol–water partition coefficient (Wildman–Crippen LogP) is 5.13. The highest BCUT2D eigenvalue weighted by atomic mass is 19.3. The van der Waals surface area contributed by atoms with Gasteiger partial charge in [-0.25, -0.2) is 0 Å².